The first-order valence-corrected chi connectivity index (χ1v) is 8.51. The number of nitrogens with one attached hydrogen (secondary N) is 1. The van der Waals surface area contributed by atoms with Gasteiger partial charge in [-0.1, -0.05) is 24.0 Å². The van der Waals surface area contributed by atoms with Gasteiger partial charge in [-0.3, -0.25) is 0 Å². The van der Waals surface area contributed by atoms with Crippen LogP contribution in [0, 0.1) is 11.8 Å². The number of thiazole rings is 1. The van der Waals surface area contributed by atoms with E-state index in [0.29, 0.717) is 10.6 Å². The van der Waals surface area contributed by atoms with Crippen LogP contribution in [-0.2, 0) is 10.0 Å². The van der Waals surface area contributed by atoms with Crippen LogP contribution >= 0.6 is 11.3 Å². The molecule has 0 spiro atoms. The van der Waals surface area contributed by atoms with Gasteiger partial charge in [0.1, 0.15) is 11.6 Å². The zero-order chi connectivity index (χ0) is 15.3. The van der Waals surface area contributed by atoms with Gasteiger partial charge >= 0.3 is 0 Å². The molecule has 5 nitrogen and oxygen atoms in total. The highest BCUT2D eigenvalue weighted by Gasteiger charge is 2.21. The van der Waals surface area contributed by atoms with Gasteiger partial charge in [0.25, 0.3) is 0 Å². The maximum Gasteiger partial charge on any atom is 0.242 e. The Bertz CT molecular complexity index is 759. The van der Waals surface area contributed by atoms with Crippen LogP contribution in [-0.4, -0.2) is 25.1 Å². The van der Waals surface area contributed by atoms with Crippen LogP contribution in [0.2, 0.25) is 0 Å². The second-order valence-corrected chi connectivity index (χ2v) is 6.78. The van der Waals surface area contributed by atoms with Gasteiger partial charge in [0.05, 0.1) is 10.9 Å². The number of nitrogens with zero attached hydrogens (tertiary/aromatic N) is 1. The Morgan fingerprint density at radius 3 is 2.86 bits per heavy atom. The Morgan fingerprint density at radius 1 is 1.43 bits per heavy atom. The lowest BCUT2D eigenvalue weighted by Gasteiger charge is -2.13. The van der Waals surface area contributed by atoms with Gasteiger partial charge in [0.2, 0.25) is 10.0 Å². The van der Waals surface area contributed by atoms with Crippen molar-refractivity contribution in [1.82, 2.24) is 9.71 Å². The normalized spacial score (nSPS) is 12.5. The van der Waals surface area contributed by atoms with Gasteiger partial charge in [0, 0.05) is 17.1 Å². The summed E-state index contributed by atoms with van der Waals surface area (Å²) in [5.41, 5.74) is 0.352. The van der Waals surface area contributed by atoms with Gasteiger partial charge in [-0.2, -0.15) is 0 Å². The molecule has 0 bridgehead atoms. The van der Waals surface area contributed by atoms with Crippen LogP contribution in [0.4, 0.5) is 0 Å². The molecular formula is C14H14N2O3S2. The molecule has 0 aliphatic carbocycles. The van der Waals surface area contributed by atoms with E-state index in [4.69, 9.17) is 5.11 Å². The lowest BCUT2D eigenvalue weighted by Crippen LogP contribution is -2.27. The van der Waals surface area contributed by atoms with Crippen molar-refractivity contribution < 1.29 is 13.5 Å². The molecule has 2 N–H and O–H groups in total. The van der Waals surface area contributed by atoms with Crippen molar-refractivity contribution in [2.75, 3.05) is 6.61 Å². The maximum absolute atomic E-state index is 12.5. The van der Waals surface area contributed by atoms with Gasteiger partial charge in [-0.25, -0.2) is 18.1 Å². The summed E-state index contributed by atoms with van der Waals surface area (Å²) in [6.07, 6.45) is 1.63. The average Bonchev–Trinajstić information content (AvgIpc) is 2.99. The van der Waals surface area contributed by atoms with Crippen LogP contribution in [0.25, 0.3) is 0 Å². The molecule has 0 fully saturated rings. The fourth-order valence-electron chi connectivity index (χ4n) is 1.73. The predicted molar refractivity (Wildman–Crippen MR) is 81.3 cm³/mol. The van der Waals surface area contributed by atoms with Crippen LogP contribution in [0.5, 0.6) is 0 Å². The van der Waals surface area contributed by atoms with Crippen LogP contribution < -0.4 is 4.72 Å². The standard InChI is InChI=1S/C14H14N2O3S2/c1-11(14-15-8-10-20-14)16-21(18,19)13-7-3-2-5-12(13)6-4-9-17/h2-3,5,7-8,10-11,16-17H,9H2,1H3. The van der Waals surface area contributed by atoms with Crippen molar-refractivity contribution >= 4 is 21.4 Å². The van der Waals surface area contributed by atoms with Crippen molar-refractivity contribution in [1.29, 1.82) is 0 Å². The summed E-state index contributed by atoms with van der Waals surface area (Å²) < 4.78 is 27.5. The minimum atomic E-state index is -3.71. The minimum Gasteiger partial charge on any atom is -0.384 e. The number of rotatable bonds is 4. The monoisotopic (exact) mass is 322 g/mol. The molecule has 1 aromatic heterocycles. The number of benzene rings is 1. The molecule has 2 aromatic rings. The van der Waals surface area contributed by atoms with E-state index >= 15 is 0 Å². The summed E-state index contributed by atoms with van der Waals surface area (Å²) in [5.74, 6) is 5.11. The Labute approximate surface area is 127 Å². The van der Waals surface area contributed by atoms with Crippen molar-refractivity contribution in [2.45, 2.75) is 17.9 Å². The van der Waals surface area contributed by atoms with E-state index in [1.54, 1.807) is 36.7 Å². The van der Waals surface area contributed by atoms with E-state index in [-0.39, 0.29) is 11.5 Å². The highest BCUT2D eigenvalue weighted by Crippen LogP contribution is 2.20. The molecule has 0 radical (unpaired) electrons. The fourth-order valence-corrected chi connectivity index (χ4v) is 3.82. The molecule has 0 saturated heterocycles. The number of hydrogen-bond donors (Lipinski definition) is 2. The Morgan fingerprint density at radius 2 is 2.19 bits per heavy atom. The molecule has 0 aliphatic heterocycles. The van der Waals surface area contributed by atoms with Crippen molar-refractivity contribution in [3.8, 4) is 11.8 Å². The molecule has 7 heteroatoms. The van der Waals surface area contributed by atoms with E-state index in [2.05, 4.69) is 21.5 Å². The summed E-state index contributed by atoms with van der Waals surface area (Å²) in [6.45, 7) is 1.41. The van der Waals surface area contributed by atoms with Gasteiger partial charge in [-0.05, 0) is 19.1 Å². The second-order valence-electron chi connectivity index (χ2n) is 4.17. The number of sulfonamides is 1. The van der Waals surface area contributed by atoms with Crippen LogP contribution in [0.3, 0.4) is 0 Å². The lowest BCUT2D eigenvalue weighted by atomic mass is 10.2. The third-order valence-corrected chi connectivity index (χ3v) is 5.19. The number of aliphatic hydroxyl groups is 1. The van der Waals surface area contributed by atoms with Gasteiger partial charge < -0.3 is 5.11 Å². The smallest absolute Gasteiger partial charge is 0.242 e. The SMILES string of the molecule is CC(NS(=O)(=O)c1ccccc1C#CCO)c1nccs1. The first-order valence-electron chi connectivity index (χ1n) is 6.15. The quantitative estimate of drug-likeness (QED) is 0.837. The van der Waals surface area contributed by atoms with Crippen LogP contribution in [0.1, 0.15) is 23.5 Å². The third kappa shape index (κ3) is 3.89. The molecule has 2 rings (SSSR count). The molecule has 1 atom stereocenters. The summed E-state index contributed by atoms with van der Waals surface area (Å²) in [6, 6.07) is 6.00. The first-order chi connectivity index (χ1) is 10.0. The second kappa shape index (κ2) is 6.83. The first kappa shape index (κ1) is 15.7. The van der Waals surface area contributed by atoms with Crippen molar-refractivity contribution in [3.05, 3.63) is 46.4 Å². The molecule has 1 aromatic carbocycles. The van der Waals surface area contributed by atoms with E-state index in [1.165, 1.54) is 17.4 Å². The highest BCUT2D eigenvalue weighted by molar-refractivity contribution is 7.89. The Hall–Kier alpha value is -1.72. The largest absolute Gasteiger partial charge is 0.384 e. The predicted octanol–water partition coefficient (Wildman–Crippen LogP) is 1.53. The fraction of sp³-hybridized carbons (Fsp3) is 0.214. The zero-order valence-electron chi connectivity index (χ0n) is 11.3. The van der Waals surface area contributed by atoms with Gasteiger partial charge in [-0.15, -0.1) is 11.3 Å². The molecule has 0 amide bonds. The average molecular weight is 322 g/mol. The topological polar surface area (TPSA) is 79.3 Å². The van der Waals surface area contributed by atoms with Crippen molar-refractivity contribution in [3.63, 3.8) is 0 Å². The summed E-state index contributed by atoms with van der Waals surface area (Å²) >= 11 is 1.39. The molecular weight excluding hydrogens is 308 g/mol. The number of aliphatic hydroxyl groups excluding tert-OH is 1. The van der Waals surface area contributed by atoms with Gasteiger partial charge in [0.15, 0.2) is 0 Å². The molecule has 0 saturated carbocycles. The molecule has 110 valence electrons. The minimum absolute atomic E-state index is 0.0920. The summed E-state index contributed by atoms with van der Waals surface area (Å²) in [7, 11) is -3.71. The zero-order valence-corrected chi connectivity index (χ0v) is 12.9. The van der Waals surface area contributed by atoms with E-state index in [9.17, 15) is 8.42 Å². The molecule has 1 unspecified atom stereocenters. The van der Waals surface area contributed by atoms with E-state index in [1.807, 2.05) is 0 Å². The maximum atomic E-state index is 12.5. The molecule has 1 heterocycles. The summed E-state index contributed by atoms with van der Waals surface area (Å²) in [5, 5.41) is 11.2. The summed E-state index contributed by atoms with van der Waals surface area (Å²) in [4.78, 5) is 4.19. The van der Waals surface area contributed by atoms with E-state index < -0.39 is 16.1 Å². The van der Waals surface area contributed by atoms with E-state index in [0.717, 1.165) is 0 Å². The lowest BCUT2D eigenvalue weighted by molar-refractivity contribution is 0.350. The number of aromatic nitrogens is 1. The molecule has 21 heavy (non-hydrogen) atoms. The Balaban J connectivity index is 2.32. The highest BCUT2D eigenvalue weighted by atomic mass is 32.2. The Kier molecular flexibility index (Phi) is 5.09. The third-order valence-electron chi connectivity index (χ3n) is 2.63. The molecule has 0 aliphatic rings. The van der Waals surface area contributed by atoms with Crippen molar-refractivity contribution in [2.24, 2.45) is 0 Å². The number of hydrogen-bond acceptors (Lipinski definition) is 5. The van der Waals surface area contributed by atoms with Crippen LogP contribution in [0.15, 0.2) is 40.7 Å².